The normalized spacial score (nSPS) is 10.6. The summed E-state index contributed by atoms with van der Waals surface area (Å²) in [5.41, 5.74) is 0.768. The second-order valence-corrected chi connectivity index (χ2v) is 3.74. The Kier molecular flexibility index (Phi) is 3.14. The topological polar surface area (TPSA) is 68.9 Å². The molecule has 2 aromatic rings. The number of ether oxygens (including phenoxy) is 2. The maximum Gasteiger partial charge on any atom is 0.342 e. The van der Waals surface area contributed by atoms with Crippen LogP contribution in [0.3, 0.4) is 0 Å². The average Bonchev–Trinajstić information content (AvgIpc) is 2.66. The van der Waals surface area contributed by atoms with Crippen LogP contribution in [0.5, 0.6) is 11.5 Å². The molecule has 1 N–H and O–H groups in total. The number of phenols is 1. The van der Waals surface area contributed by atoms with Crippen LogP contribution in [0.1, 0.15) is 23.0 Å². The molecule has 0 spiro atoms. The number of aryl methyl sites for hydroxylation is 1. The highest BCUT2D eigenvalue weighted by Crippen LogP contribution is 2.39. The summed E-state index contributed by atoms with van der Waals surface area (Å²) < 4.78 is 15.6. The van der Waals surface area contributed by atoms with Crippen molar-refractivity contribution in [2.24, 2.45) is 0 Å². The standard InChI is InChI=1S/C13H14O5/c1-4-17-13(15)10-7(2)18-9-6-5-8(14)12(16-3)11(9)10/h5-6,14H,4H2,1-3H3. The minimum absolute atomic E-state index is 0.0450. The van der Waals surface area contributed by atoms with Crippen molar-refractivity contribution in [1.29, 1.82) is 0 Å². The van der Waals surface area contributed by atoms with Gasteiger partial charge in [0.1, 0.15) is 16.9 Å². The lowest BCUT2D eigenvalue weighted by Crippen LogP contribution is -2.05. The van der Waals surface area contributed by atoms with E-state index in [9.17, 15) is 9.90 Å². The Morgan fingerprint density at radius 1 is 1.44 bits per heavy atom. The van der Waals surface area contributed by atoms with Gasteiger partial charge in [-0.3, -0.25) is 0 Å². The van der Waals surface area contributed by atoms with E-state index in [1.807, 2.05) is 0 Å². The van der Waals surface area contributed by atoms with Crippen LogP contribution < -0.4 is 4.74 Å². The first-order valence-electron chi connectivity index (χ1n) is 5.56. The molecular formula is C13H14O5. The Morgan fingerprint density at radius 3 is 2.78 bits per heavy atom. The monoisotopic (exact) mass is 250 g/mol. The maximum absolute atomic E-state index is 11.9. The van der Waals surface area contributed by atoms with Gasteiger partial charge in [-0.2, -0.15) is 0 Å². The number of aromatic hydroxyl groups is 1. The summed E-state index contributed by atoms with van der Waals surface area (Å²) in [6.07, 6.45) is 0. The molecule has 1 aromatic carbocycles. The lowest BCUT2D eigenvalue weighted by atomic mass is 10.1. The molecule has 1 aromatic heterocycles. The van der Waals surface area contributed by atoms with Gasteiger partial charge in [0.15, 0.2) is 11.5 Å². The van der Waals surface area contributed by atoms with Gasteiger partial charge in [0.05, 0.1) is 19.1 Å². The van der Waals surface area contributed by atoms with E-state index in [0.717, 1.165) is 0 Å². The van der Waals surface area contributed by atoms with Crippen molar-refractivity contribution in [3.8, 4) is 11.5 Å². The predicted molar refractivity (Wildman–Crippen MR) is 65.1 cm³/mol. The van der Waals surface area contributed by atoms with Crippen molar-refractivity contribution in [1.82, 2.24) is 0 Å². The number of furan rings is 1. The Hall–Kier alpha value is -2.17. The predicted octanol–water partition coefficient (Wildman–Crippen LogP) is 2.63. The van der Waals surface area contributed by atoms with E-state index < -0.39 is 5.97 Å². The maximum atomic E-state index is 11.9. The number of phenolic OH excluding ortho intramolecular Hbond substituents is 1. The smallest absolute Gasteiger partial charge is 0.342 e. The first kappa shape index (κ1) is 12.3. The third kappa shape index (κ3) is 1.77. The number of carbonyl (C=O) groups is 1. The summed E-state index contributed by atoms with van der Waals surface area (Å²) in [4.78, 5) is 11.9. The summed E-state index contributed by atoms with van der Waals surface area (Å²) in [6, 6.07) is 3.04. The molecule has 0 unspecified atom stereocenters. The molecule has 0 atom stereocenters. The van der Waals surface area contributed by atoms with Crippen molar-refractivity contribution < 1.29 is 23.8 Å². The van der Waals surface area contributed by atoms with Crippen molar-refractivity contribution in [2.75, 3.05) is 13.7 Å². The van der Waals surface area contributed by atoms with E-state index in [4.69, 9.17) is 13.9 Å². The van der Waals surface area contributed by atoms with Gasteiger partial charge in [0.25, 0.3) is 0 Å². The molecule has 0 saturated heterocycles. The number of carbonyl (C=O) groups excluding carboxylic acids is 1. The van der Waals surface area contributed by atoms with Gasteiger partial charge in [-0.25, -0.2) is 4.79 Å². The molecule has 5 nitrogen and oxygen atoms in total. The van der Waals surface area contributed by atoms with Crippen LogP contribution in [0.25, 0.3) is 11.0 Å². The molecule has 0 radical (unpaired) electrons. The lowest BCUT2D eigenvalue weighted by Gasteiger charge is -2.06. The third-order valence-electron chi connectivity index (χ3n) is 2.65. The van der Waals surface area contributed by atoms with Crippen LogP contribution in [0.15, 0.2) is 16.5 Å². The fourth-order valence-corrected chi connectivity index (χ4v) is 1.92. The molecule has 96 valence electrons. The molecule has 0 saturated carbocycles. The lowest BCUT2D eigenvalue weighted by molar-refractivity contribution is 0.0526. The number of hydrogen-bond donors (Lipinski definition) is 1. The van der Waals surface area contributed by atoms with Crippen LogP contribution in [0.2, 0.25) is 0 Å². The van der Waals surface area contributed by atoms with Gasteiger partial charge in [0, 0.05) is 0 Å². The first-order chi connectivity index (χ1) is 8.60. The number of rotatable bonds is 3. The molecule has 2 rings (SSSR count). The molecule has 0 aliphatic rings. The van der Waals surface area contributed by atoms with Crippen molar-refractivity contribution in [3.63, 3.8) is 0 Å². The highest BCUT2D eigenvalue weighted by molar-refractivity contribution is 6.07. The summed E-state index contributed by atoms with van der Waals surface area (Å²) in [7, 11) is 1.42. The van der Waals surface area contributed by atoms with E-state index in [1.54, 1.807) is 19.9 Å². The van der Waals surface area contributed by atoms with Gasteiger partial charge in [-0.1, -0.05) is 0 Å². The van der Waals surface area contributed by atoms with Gasteiger partial charge < -0.3 is 19.0 Å². The van der Waals surface area contributed by atoms with Crippen molar-refractivity contribution >= 4 is 16.9 Å². The molecular weight excluding hydrogens is 236 g/mol. The Balaban J connectivity index is 2.75. The van der Waals surface area contributed by atoms with Gasteiger partial charge in [0.2, 0.25) is 0 Å². The van der Waals surface area contributed by atoms with Crippen LogP contribution in [-0.2, 0) is 4.74 Å². The van der Waals surface area contributed by atoms with Crippen LogP contribution in [-0.4, -0.2) is 24.8 Å². The number of benzene rings is 1. The molecule has 0 aliphatic carbocycles. The Bertz CT molecular complexity index is 597. The van der Waals surface area contributed by atoms with Crippen LogP contribution in [0, 0.1) is 6.92 Å². The molecule has 5 heteroatoms. The second kappa shape index (κ2) is 4.60. The zero-order chi connectivity index (χ0) is 13.3. The summed E-state index contributed by atoms with van der Waals surface area (Å²) in [5, 5.41) is 10.2. The van der Waals surface area contributed by atoms with Crippen molar-refractivity contribution in [3.05, 3.63) is 23.5 Å². The highest BCUT2D eigenvalue weighted by Gasteiger charge is 2.24. The zero-order valence-corrected chi connectivity index (χ0v) is 10.4. The quantitative estimate of drug-likeness (QED) is 0.848. The van der Waals surface area contributed by atoms with E-state index in [-0.39, 0.29) is 18.1 Å². The molecule has 0 fully saturated rings. The van der Waals surface area contributed by atoms with Crippen molar-refractivity contribution in [2.45, 2.75) is 13.8 Å². The van der Waals surface area contributed by atoms with Gasteiger partial charge in [-0.15, -0.1) is 0 Å². The van der Waals surface area contributed by atoms with Crippen LogP contribution >= 0.6 is 0 Å². The van der Waals surface area contributed by atoms with Crippen LogP contribution in [0.4, 0.5) is 0 Å². The summed E-state index contributed by atoms with van der Waals surface area (Å²) >= 11 is 0. The zero-order valence-electron chi connectivity index (χ0n) is 10.4. The number of hydrogen-bond acceptors (Lipinski definition) is 5. The fourth-order valence-electron chi connectivity index (χ4n) is 1.92. The largest absolute Gasteiger partial charge is 0.504 e. The molecule has 0 bridgehead atoms. The number of esters is 1. The molecule has 0 aliphatic heterocycles. The molecule has 0 amide bonds. The minimum Gasteiger partial charge on any atom is -0.504 e. The fraction of sp³-hybridized carbons (Fsp3) is 0.308. The van der Waals surface area contributed by atoms with E-state index in [1.165, 1.54) is 13.2 Å². The van der Waals surface area contributed by atoms with E-state index in [2.05, 4.69) is 0 Å². The summed E-state index contributed by atoms with van der Waals surface area (Å²) in [5.74, 6) is 0.119. The second-order valence-electron chi connectivity index (χ2n) is 3.74. The van der Waals surface area contributed by atoms with E-state index >= 15 is 0 Å². The number of methoxy groups -OCH3 is 1. The number of fused-ring (bicyclic) bond motifs is 1. The molecule has 18 heavy (non-hydrogen) atoms. The first-order valence-corrected chi connectivity index (χ1v) is 5.56. The van der Waals surface area contributed by atoms with Gasteiger partial charge >= 0.3 is 5.97 Å². The SMILES string of the molecule is CCOC(=O)c1c(C)oc2ccc(O)c(OC)c12. The van der Waals surface area contributed by atoms with Gasteiger partial charge in [-0.05, 0) is 26.0 Å². The highest BCUT2D eigenvalue weighted by atomic mass is 16.5. The average molecular weight is 250 g/mol. The summed E-state index contributed by atoms with van der Waals surface area (Å²) in [6.45, 7) is 3.67. The minimum atomic E-state index is -0.488. The van der Waals surface area contributed by atoms with E-state index in [0.29, 0.717) is 22.3 Å². The Morgan fingerprint density at radius 2 is 2.17 bits per heavy atom. The Labute approximate surface area is 104 Å². The molecule has 1 heterocycles. The third-order valence-corrected chi connectivity index (χ3v) is 2.65.